The molecule has 40 heavy (non-hydrogen) atoms. The van der Waals surface area contributed by atoms with Gasteiger partial charge in [0.2, 0.25) is 5.91 Å². The maximum absolute atomic E-state index is 14.1. The van der Waals surface area contributed by atoms with Gasteiger partial charge in [0.25, 0.3) is 0 Å². The summed E-state index contributed by atoms with van der Waals surface area (Å²) in [5.41, 5.74) is 3.31. The molecule has 210 valence electrons. The molecule has 0 saturated heterocycles. The summed E-state index contributed by atoms with van der Waals surface area (Å²) in [4.78, 5) is 68.1. The fraction of sp³-hybridized carbons (Fsp3) is 0.414. The summed E-state index contributed by atoms with van der Waals surface area (Å²) in [5.74, 6) is -13.9. The number of aliphatic hydroxyl groups is 2. The van der Waals surface area contributed by atoms with Crippen LogP contribution in [-0.2, 0) is 30.5 Å². The van der Waals surface area contributed by atoms with Crippen LogP contribution in [0.3, 0.4) is 0 Å². The molecular weight excluding hydrogens is 520 g/mol. The smallest absolute Gasteiger partial charge is 0.235 e. The Morgan fingerprint density at radius 1 is 1.02 bits per heavy atom. The Bertz CT molecular complexity index is 1410. The van der Waals surface area contributed by atoms with Gasteiger partial charge in [-0.2, -0.15) is 0 Å². The van der Waals surface area contributed by atoms with Crippen LogP contribution in [0.1, 0.15) is 27.4 Å². The maximum atomic E-state index is 14.1. The topological polar surface area (TPSA) is 185 Å². The second kappa shape index (κ2) is 10.0. The second-order valence-electron chi connectivity index (χ2n) is 10.9. The van der Waals surface area contributed by atoms with Crippen LogP contribution in [0.4, 0.5) is 0 Å². The van der Waals surface area contributed by atoms with E-state index in [0.29, 0.717) is 5.56 Å². The van der Waals surface area contributed by atoms with Crippen molar-refractivity contribution in [3.63, 3.8) is 0 Å². The molecule has 0 aromatic heterocycles. The highest BCUT2D eigenvalue weighted by Crippen LogP contribution is 2.54. The first-order valence-corrected chi connectivity index (χ1v) is 12.9. The number of fused-ring (bicyclic) bond motifs is 3. The molecular formula is C29H30N2O9. The first-order valence-electron chi connectivity index (χ1n) is 12.9. The Labute approximate surface area is 229 Å². The number of carbonyl (C=O) groups excluding carboxylic acids is 5. The molecule has 1 amide bonds. The van der Waals surface area contributed by atoms with E-state index >= 15 is 0 Å². The number of primary amides is 1. The molecule has 0 spiro atoms. The Morgan fingerprint density at radius 3 is 2.33 bits per heavy atom. The largest absolute Gasteiger partial charge is 0.507 e. The number of ketones is 4. The number of benzene rings is 2. The zero-order chi connectivity index (χ0) is 29.1. The van der Waals surface area contributed by atoms with Crippen molar-refractivity contribution in [1.82, 2.24) is 4.90 Å². The molecule has 3 aliphatic rings. The molecule has 0 bridgehead atoms. The normalized spacial score (nSPS) is 33.4. The predicted octanol–water partition coefficient (Wildman–Crippen LogP) is -0.404. The zero-order valence-corrected chi connectivity index (χ0v) is 21.9. The molecule has 8 atom stereocenters. The van der Waals surface area contributed by atoms with Gasteiger partial charge in [0.1, 0.15) is 5.75 Å². The fourth-order valence-electron chi connectivity index (χ4n) is 6.84. The number of likely N-dealkylation sites (N-methyl/N-ethyl adjacent to an activating group) is 1. The van der Waals surface area contributed by atoms with Crippen molar-refractivity contribution >= 4 is 29.0 Å². The van der Waals surface area contributed by atoms with Crippen molar-refractivity contribution in [2.75, 3.05) is 20.7 Å². The van der Waals surface area contributed by atoms with Gasteiger partial charge >= 0.3 is 0 Å². The molecule has 2 fully saturated rings. The lowest BCUT2D eigenvalue weighted by Crippen LogP contribution is -2.77. The van der Waals surface area contributed by atoms with Crippen LogP contribution in [0.5, 0.6) is 5.75 Å². The Balaban J connectivity index is 1.64. The Kier molecular flexibility index (Phi) is 6.95. The molecule has 5 rings (SSSR count). The lowest BCUT2D eigenvalue weighted by atomic mass is 9.49. The van der Waals surface area contributed by atoms with E-state index in [-0.39, 0.29) is 18.8 Å². The molecule has 5 N–H and O–H groups in total. The number of phenols is 1. The van der Waals surface area contributed by atoms with Gasteiger partial charge in [0.15, 0.2) is 34.7 Å². The third kappa shape index (κ3) is 3.92. The standard InChI is InChI=1S/C29H30N2O9/c1-31(2)22-21-24(34)18-15(12-40-11-13-7-4-3-5-8-13)14-9-6-10-16(32)17(14)23(33)19(18)26(36)29(21,39)27(37)20(25(22)35)28(30)38/h3-10,15,18-22,24,32,34,39H,11-12H2,1-2H3,(H2,30,38)/t15-,18+,19?,20?,21+,22-,24-,29-/m1/s1. The van der Waals surface area contributed by atoms with Crippen molar-refractivity contribution in [3.8, 4) is 5.75 Å². The fourth-order valence-corrected chi connectivity index (χ4v) is 6.84. The lowest BCUT2D eigenvalue weighted by Gasteiger charge is -2.56. The third-order valence-corrected chi connectivity index (χ3v) is 8.56. The van der Waals surface area contributed by atoms with E-state index in [1.54, 1.807) is 6.07 Å². The highest BCUT2D eigenvalue weighted by atomic mass is 16.5. The molecule has 2 aromatic carbocycles. The lowest BCUT2D eigenvalue weighted by molar-refractivity contribution is -0.197. The van der Waals surface area contributed by atoms with Gasteiger partial charge in [-0.15, -0.1) is 0 Å². The quantitative estimate of drug-likeness (QED) is 0.345. The van der Waals surface area contributed by atoms with Crippen molar-refractivity contribution in [1.29, 1.82) is 0 Å². The SMILES string of the molecule is CN(C)[C@H]1C(=O)C(C(N)=O)C(=O)[C@]2(O)C(=O)C3C(=O)c4c(O)cccc4[C@@H](COCc4ccccc4)[C@@H]3[C@@H](O)[C@H]12. The van der Waals surface area contributed by atoms with Gasteiger partial charge in [-0.1, -0.05) is 42.5 Å². The van der Waals surface area contributed by atoms with E-state index in [1.165, 1.54) is 31.1 Å². The summed E-state index contributed by atoms with van der Waals surface area (Å²) >= 11 is 0. The van der Waals surface area contributed by atoms with Crippen molar-refractivity contribution in [2.24, 2.45) is 29.4 Å². The number of aliphatic hydroxyl groups excluding tert-OH is 1. The average molecular weight is 551 g/mol. The number of phenolic OH excluding ortho intramolecular Hbond substituents is 1. The summed E-state index contributed by atoms with van der Waals surface area (Å²) in [7, 11) is 2.89. The van der Waals surface area contributed by atoms with E-state index in [2.05, 4.69) is 0 Å². The van der Waals surface area contributed by atoms with Crippen LogP contribution in [0.15, 0.2) is 48.5 Å². The number of nitrogens with two attached hydrogens (primary N) is 1. The van der Waals surface area contributed by atoms with Gasteiger partial charge in [0, 0.05) is 11.8 Å². The highest BCUT2D eigenvalue weighted by Gasteiger charge is 2.73. The number of nitrogens with zero attached hydrogens (tertiary/aromatic N) is 1. The number of rotatable bonds is 6. The molecule has 2 aromatic rings. The van der Waals surface area contributed by atoms with Gasteiger partial charge in [-0.3, -0.25) is 28.9 Å². The highest BCUT2D eigenvalue weighted by molar-refractivity contribution is 6.32. The van der Waals surface area contributed by atoms with Crippen LogP contribution >= 0.6 is 0 Å². The minimum atomic E-state index is -3.05. The predicted molar refractivity (Wildman–Crippen MR) is 138 cm³/mol. The molecule has 0 radical (unpaired) electrons. The van der Waals surface area contributed by atoms with E-state index in [0.717, 1.165) is 5.56 Å². The number of aromatic hydroxyl groups is 1. The first-order chi connectivity index (χ1) is 18.9. The van der Waals surface area contributed by atoms with Crippen molar-refractivity contribution in [3.05, 3.63) is 65.2 Å². The Morgan fingerprint density at radius 2 is 1.70 bits per heavy atom. The number of hydrogen-bond donors (Lipinski definition) is 4. The maximum Gasteiger partial charge on any atom is 0.235 e. The van der Waals surface area contributed by atoms with Crippen LogP contribution in [0, 0.1) is 23.7 Å². The van der Waals surface area contributed by atoms with E-state index in [9.17, 15) is 39.3 Å². The van der Waals surface area contributed by atoms with Gasteiger partial charge in [-0.25, -0.2) is 0 Å². The molecule has 11 nitrogen and oxygen atoms in total. The summed E-state index contributed by atoms with van der Waals surface area (Å²) in [6.45, 7) is 0.0829. The van der Waals surface area contributed by atoms with Crippen molar-refractivity contribution in [2.45, 2.75) is 30.3 Å². The van der Waals surface area contributed by atoms with Crippen LogP contribution in [0.2, 0.25) is 0 Å². The minimum absolute atomic E-state index is 0.0896. The summed E-state index contributed by atoms with van der Waals surface area (Å²) < 4.78 is 5.97. The zero-order valence-electron chi connectivity index (χ0n) is 21.9. The molecule has 11 heteroatoms. The van der Waals surface area contributed by atoms with Crippen molar-refractivity contribution < 1.29 is 44.0 Å². The summed E-state index contributed by atoms with van der Waals surface area (Å²) in [6, 6.07) is 12.2. The number of Topliss-reactive ketones (excluding diaryl/α,β-unsaturated/α-hetero) is 4. The number of ether oxygens (including phenoxy) is 1. The third-order valence-electron chi connectivity index (χ3n) is 8.56. The second-order valence-corrected chi connectivity index (χ2v) is 10.9. The number of hydrogen-bond acceptors (Lipinski definition) is 10. The van der Waals surface area contributed by atoms with Gasteiger partial charge in [0.05, 0.1) is 42.8 Å². The minimum Gasteiger partial charge on any atom is -0.507 e. The molecule has 2 unspecified atom stereocenters. The van der Waals surface area contributed by atoms with Crippen LogP contribution < -0.4 is 5.73 Å². The Hall–Kier alpha value is -3.77. The monoisotopic (exact) mass is 550 g/mol. The molecule has 2 saturated carbocycles. The molecule has 0 heterocycles. The first kappa shape index (κ1) is 27.8. The van der Waals surface area contributed by atoms with Crippen LogP contribution in [0.25, 0.3) is 0 Å². The molecule has 3 aliphatic carbocycles. The number of carbonyl (C=O) groups is 5. The van der Waals surface area contributed by atoms with E-state index in [4.69, 9.17) is 10.5 Å². The summed E-state index contributed by atoms with van der Waals surface area (Å²) in [5, 5.41) is 34.2. The van der Waals surface area contributed by atoms with Gasteiger partial charge < -0.3 is 25.8 Å². The van der Waals surface area contributed by atoms with E-state index in [1.807, 2.05) is 30.3 Å². The van der Waals surface area contributed by atoms with Crippen LogP contribution in [-0.4, -0.2) is 87.7 Å². The molecule has 0 aliphatic heterocycles. The summed E-state index contributed by atoms with van der Waals surface area (Å²) in [6.07, 6.45) is -1.73. The van der Waals surface area contributed by atoms with E-state index < -0.39 is 82.1 Å². The van der Waals surface area contributed by atoms with Gasteiger partial charge in [-0.05, 0) is 31.3 Å². The average Bonchev–Trinajstić information content (AvgIpc) is 2.90. The number of amides is 1.